The number of hydrogen-bond donors (Lipinski definition) is 1. The zero-order valence-electron chi connectivity index (χ0n) is 17.2. The quantitative estimate of drug-likeness (QED) is 0.612. The summed E-state index contributed by atoms with van der Waals surface area (Å²) in [6.07, 6.45) is 0.886. The van der Waals surface area contributed by atoms with E-state index in [2.05, 4.69) is 38.2 Å². The number of aromatic nitrogens is 1. The van der Waals surface area contributed by atoms with Crippen LogP contribution in [0.4, 0.5) is 0 Å². The van der Waals surface area contributed by atoms with Crippen molar-refractivity contribution in [2.75, 3.05) is 7.11 Å². The van der Waals surface area contributed by atoms with Gasteiger partial charge in [0.1, 0.15) is 5.75 Å². The van der Waals surface area contributed by atoms with E-state index < -0.39 is 0 Å². The monoisotopic (exact) mass is 376 g/mol. The van der Waals surface area contributed by atoms with Gasteiger partial charge in [-0.1, -0.05) is 26.8 Å². The van der Waals surface area contributed by atoms with E-state index in [9.17, 15) is 4.79 Å². The van der Waals surface area contributed by atoms with Crippen LogP contribution in [0.15, 0.2) is 48.5 Å². The first-order chi connectivity index (χ1) is 13.4. The van der Waals surface area contributed by atoms with Crippen LogP contribution in [0.5, 0.6) is 5.75 Å². The Bertz CT molecular complexity index is 978. The van der Waals surface area contributed by atoms with Gasteiger partial charge in [0.05, 0.1) is 23.9 Å². The van der Waals surface area contributed by atoms with Crippen LogP contribution in [0.1, 0.15) is 56.0 Å². The highest BCUT2D eigenvalue weighted by Gasteiger charge is 2.16. The molecule has 1 N–H and O–H groups in total. The van der Waals surface area contributed by atoms with E-state index >= 15 is 0 Å². The molecule has 0 spiro atoms. The zero-order valence-corrected chi connectivity index (χ0v) is 17.2. The molecule has 146 valence electrons. The number of methoxy groups -OCH3 is 1. The average Bonchev–Trinajstić information content (AvgIpc) is 2.72. The molecule has 0 fully saturated rings. The van der Waals surface area contributed by atoms with Gasteiger partial charge in [0, 0.05) is 17.0 Å². The molecule has 28 heavy (non-hydrogen) atoms. The second-order valence-corrected chi connectivity index (χ2v) is 7.50. The van der Waals surface area contributed by atoms with Gasteiger partial charge in [0.15, 0.2) is 0 Å². The molecule has 1 aromatic heterocycles. The number of nitrogens with zero attached hydrogens (tertiary/aromatic N) is 1. The van der Waals surface area contributed by atoms with E-state index in [4.69, 9.17) is 9.72 Å². The van der Waals surface area contributed by atoms with Crippen LogP contribution in [0.25, 0.3) is 22.2 Å². The Morgan fingerprint density at radius 1 is 1.07 bits per heavy atom. The molecule has 0 aliphatic rings. The number of nitrogens with one attached hydrogen (secondary N) is 1. The first kappa shape index (κ1) is 19.9. The lowest BCUT2D eigenvalue weighted by Crippen LogP contribution is -2.32. The van der Waals surface area contributed by atoms with Crippen molar-refractivity contribution in [2.24, 2.45) is 0 Å². The fourth-order valence-corrected chi connectivity index (χ4v) is 3.10. The van der Waals surface area contributed by atoms with Gasteiger partial charge in [-0.15, -0.1) is 0 Å². The van der Waals surface area contributed by atoms with Crippen molar-refractivity contribution in [3.05, 3.63) is 59.7 Å². The van der Waals surface area contributed by atoms with Crippen LogP contribution >= 0.6 is 0 Å². The number of carbonyl (C=O) groups excluding carboxylic acids is 1. The van der Waals surface area contributed by atoms with Crippen LogP contribution < -0.4 is 10.1 Å². The summed E-state index contributed by atoms with van der Waals surface area (Å²) in [6, 6.07) is 15.9. The van der Waals surface area contributed by atoms with Crippen molar-refractivity contribution in [1.82, 2.24) is 10.3 Å². The third kappa shape index (κ3) is 4.16. The Balaban J connectivity index is 2.16. The average molecular weight is 377 g/mol. The highest BCUT2D eigenvalue weighted by molar-refractivity contribution is 6.07. The second-order valence-electron chi connectivity index (χ2n) is 7.50. The Labute approximate surface area is 166 Å². The number of ether oxygens (including phenoxy) is 1. The van der Waals surface area contributed by atoms with E-state index in [1.807, 2.05) is 43.3 Å². The lowest BCUT2D eigenvalue weighted by molar-refractivity contribution is 0.0941. The van der Waals surface area contributed by atoms with Gasteiger partial charge in [-0.3, -0.25) is 4.79 Å². The van der Waals surface area contributed by atoms with Crippen molar-refractivity contribution in [2.45, 2.75) is 46.1 Å². The van der Waals surface area contributed by atoms with E-state index in [1.54, 1.807) is 7.11 Å². The summed E-state index contributed by atoms with van der Waals surface area (Å²) in [5, 5.41) is 3.99. The van der Waals surface area contributed by atoms with Crippen LogP contribution in [-0.2, 0) is 0 Å². The summed E-state index contributed by atoms with van der Waals surface area (Å²) < 4.78 is 5.24. The fraction of sp³-hybridized carbons (Fsp3) is 0.333. The van der Waals surface area contributed by atoms with Gasteiger partial charge in [-0.25, -0.2) is 4.98 Å². The predicted molar refractivity (Wildman–Crippen MR) is 115 cm³/mol. The molecule has 3 rings (SSSR count). The van der Waals surface area contributed by atoms with Crippen LogP contribution in [-0.4, -0.2) is 24.0 Å². The molecule has 0 aliphatic heterocycles. The van der Waals surface area contributed by atoms with Gasteiger partial charge in [-0.2, -0.15) is 0 Å². The molecular weight excluding hydrogens is 348 g/mol. The summed E-state index contributed by atoms with van der Waals surface area (Å²) in [6.45, 7) is 8.39. The molecule has 4 heteroatoms. The van der Waals surface area contributed by atoms with Crippen molar-refractivity contribution in [3.63, 3.8) is 0 Å². The maximum Gasteiger partial charge on any atom is 0.252 e. The number of hydrogen-bond acceptors (Lipinski definition) is 3. The molecule has 2 aromatic carbocycles. The normalized spacial score (nSPS) is 12.2. The molecule has 0 unspecified atom stereocenters. The Kier molecular flexibility index (Phi) is 5.98. The van der Waals surface area contributed by atoms with Crippen molar-refractivity contribution in [3.8, 4) is 17.0 Å². The maximum atomic E-state index is 13.0. The van der Waals surface area contributed by atoms with Crippen molar-refractivity contribution in [1.29, 1.82) is 0 Å². The smallest absolute Gasteiger partial charge is 0.252 e. The number of amides is 1. The second kappa shape index (κ2) is 8.42. The molecule has 0 radical (unpaired) electrons. The molecule has 0 aliphatic carbocycles. The molecule has 0 bridgehead atoms. The van der Waals surface area contributed by atoms with E-state index in [1.165, 1.54) is 5.56 Å². The number of pyridine rings is 1. The van der Waals surface area contributed by atoms with Crippen LogP contribution in [0.3, 0.4) is 0 Å². The van der Waals surface area contributed by atoms with Crippen molar-refractivity contribution < 1.29 is 9.53 Å². The molecule has 1 amide bonds. The van der Waals surface area contributed by atoms with Crippen molar-refractivity contribution >= 4 is 16.8 Å². The minimum atomic E-state index is -0.0579. The van der Waals surface area contributed by atoms with Crippen LogP contribution in [0, 0.1) is 0 Å². The Morgan fingerprint density at radius 3 is 2.39 bits per heavy atom. The third-order valence-corrected chi connectivity index (χ3v) is 5.12. The minimum Gasteiger partial charge on any atom is -0.497 e. The molecule has 0 saturated carbocycles. The van der Waals surface area contributed by atoms with Gasteiger partial charge in [0.25, 0.3) is 5.91 Å². The number of benzene rings is 2. The zero-order chi connectivity index (χ0) is 20.3. The first-order valence-electron chi connectivity index (χ1n) is 9.83. The number of carbonyl (C=O) groups is 1. The van der Waals surface area contributed by atoms with Gasteiger partial charge < -0.3 is 10.1 Å². The highest BCUT2D eigenvalue weighted by atomic mass is 16.5. The van der Waals surface area contributed by atoms with Gasteiger partial charge in [-0.05, 0) is 67.3 Å². The lowest BCUT2D eigenvalue weighted by atomic mass is 9.97. The molecular formula is C24H28N2O2. The summed E-state index contributed by atoms with van der Waals surface area (Å²) in [5.74, 6) is 1.12. The SMILES string of the molecule is CC[C@@H](C)NC(=O)c1cc(-c2ccc(OC)cc2)nc2ccc(C(C)C)cc12. The Morgan fingerprint density at radius 2 is 1.79 bits per heavy atom. The molecule has 3 aromatic rings. The number of rotatable bonds is 6. The first-order valence-corrected chi connectivity index (χ1v) is 9.83. The van der Waals surface area contributed by atoms with E-state index in [0.717, 1.165) is 34.3 Å². The highest BCUT2D eigenvalue weighted by Crippen LogP contribution is 2.28. The van der Waals surface area contributed by atoms with Crippen LogP contribution in [0.2, 0.25) is 0 Å². The number of fused-ring (bicyclic) bond motifs is 1. The largest absolute Gasteiger partial charge is 0.497 e. The topological polar surface area (TPSA) is 51.2 Å². The summed E-state index contributed by atoms with van der Waals surface area (Å²) in [4.78, 5) is 17.9. The standard InChI is InChI=1S/C24H28N2O2/c1-6-16(4)25-24(27)21-14-23(17-7-10-19(28-5)11-8-17)26-22-12-9-18(15(2)3)13-20(21)22/h7-16H,6H2,1-5H3,(H,25,27)/t16-/m1/s1. The molecule has 1 atom stereocenters. The fourth-order valence-electron chi connectivity index (χ4n) is 3.10. The Hall–Kier alpha value is -2.88. The third-order valence-electron chi connectivity index (χ3n) is 5.12. The van der Waals surface area contributed by atoms with Gasteiger partial charge >= 0.3 is 0 Å². The van der Waals surface area contributed by atoms with E-state index in [-0.39, 0.29) is 11.9 Å². The summed E-state index contributed by atoms with van der Waals surface area (Å²) in [7, 11) is 1.65. The molecule has 1 heterocycles. The predicted octanol–water partition coefficient (Wildman–Crippen LogP) is 5.56. The molecule has 0 saturated heterocycles. The molecule has 4 nitrogen and oxygen atoms in total. The maximum absolute atomic E-state index is 13.0. The summed E-state index contributed by atoms with van der Waals surface area (Å²) >= 11 is 0. The summed E-state index contributed by atoms with van der Waals surface area (Å²) in [5.41, 5.74) is 4.42. The minimum absolute atomic E-state index is 0.0579. The lowest BCUT2D eigenvalue weighted by Gasteiger charge is -2.15. The van der Waals surface area contributed by atoms with E-state index in [0.29, 0.717) is 11.5 Å². The van der Waals surface area contributed by atoms with Gasteiger partial charge in [0.2, 0.25) is 0 Å².